The highest BCUT2D eigenvalue weighted by Gasteiger charge is 2.15. The molecule has 8 aromatic rings. The molecule has 0 amide bonds. The van der Waals surface area contributed by atoms with Crippen molar-refractivity contribution in [3.05, 3.63) is 214 Å². The topological polar surface area (TPSA) is 144 Å². The number of nitriles is 1. The molecule has 8 rings (SSSR count). The predicted molar refractivity (Wildman–Crippen MR) is 290 cm³/mol. The summed E-state index contributed by atoms with van der Waals surface area (Å²) in [7, 11) is 1.92. The Morgan fingerprint density at radius 2 is 1.23 bits per heavy atom. The van der Waals surface area contributed by atoms with Gasteiger partial charge in [0.1, 0.15) is 22.8 Å². The third-order valence-corrected chi connectivity index (χ3v) is 13.2. The van der Waals surface area contributed by atoms with E-state index in [-0.39, 0.29) is 11.6 Å². The number of carbonyl (C=O) groups is 1. The highest BCUT2D eigenvalue weighted by Crippen LogP contribution is 2.36. The molecule has 11 nitrogen and oxygen atoms in total. The van der Waals surface area contributed by atoms with Crippen LogP contribution >= 0.6 is 11.3 Å². The van der Waals surface area contributed by atoms with Crippen LogP contribution in [0.3, 0.4) is 0 Å². The molecule has 0 saturated carbocycles. The monoisotopic (exact) mass is 955 g/mol. The van der Waals surface area contributed by atoms with Crippen LogP contribution in [0.2, 0.25) is 0 Å². The van der Waals surface area contributed by atoms with Crippen molar-refractivity contribution in [2.75, 3.05) is 29.9 Å². The number of hydrogen-bond donors (Lipinski definition) is 2. The average molecular weight is 956 g/mol. The molecule has 0 radical (unpaired) electrons. The fourth-order valence-electron chi connectivity index (χ4n) is 8.28. The number of nitrogens with zero attached hydrogens (tertiary/aromatic N) is 4. The fraction of sp³-hybridized carbons (Fsp3) is 0.136. The first kappa shape index (κ1) is 48.6. The van der Waals surface area contributed by atoms with Gasteiger partial charge in [-0.2, -0.15) is 5.26 Å². The number of carboxylic acids is 1. The van der Waals surface area contributed by atoms with Gasteiger partial charge in [-0.1, -0.05) is 73.7 Å². The zero-order valence-corrected chi connectivity index (χ0v) is 40.4. The van der Waals surface area contributed by atoms with Gasteiger partial charge in [-0.05, 0) is 147 Å². The van der Waals surface area contributed by atoms with Crippen molar-refractivity contribution < 1.29 is 18.7 Å². The van der Waals surface area contributed by atoms with Crippen LogP contribution in [0.4, 0.5) is 22.7 Å². The number of thiophene rings is 1. The summed E-state index contributed by atoms with van der Waals surface area (Å²) < 4.78 is 11.5. The quantitative estimate of drug-likeness (QED) is 0.0392. The Balaban J connectivity index is 1.08. The normalized spacial score (nSPS) is 12.4. The van der Waals surface area contributed by atoms with Crippen molar-refractivity contribution in [1.29, 1.82) is 5.26 Å². The van der Waals surface area contributed by atoms with Crippen molar-refractivity contribution in [2.24, 2.45) is 0 Å². The highest BCUT2D eigenvalue weighted by molar-refractivity contribution is 7.14. The first-order valence-corrected chi connectivity index (χ1v) is 23.9. The minimum atomic E-state index is -1.31. The molecule has 0 aliphatic heterocycles. The third-order valence-electron chi connectivity index (χ3n) is 12.1. The summed E-state index contributed by atoms with van der Waals surface area (Å²) in [4.78, 5) is 46.8. The predicted octanol–water partition coefficient (Wildman–Crippen LogP) is 13.7. The molecule has 2 N–H and O–H groups in total. The van der Waals surface area contributed by atoms with Crippen LogP contribution in [0.1, 0.15) is 76.4 Å². The second kappa shape index (κ2) is 22.1. The van der Waals surface area contributed by atoms with Crippen molar-refractivity contribution in [3.8, 4) is 6.07 Å². The maximum absolute atomic E-state index is 13.1. The second-order valence-corrected chi connectivity index (χ2v) is 17.6. The van der Waals surface area contributed by atoms with Crippen molar-refractivity contribution in [3.63, 3.8) is 0 Å². The molecule has 3 heterocycles. The summed E-state index contributed by atoms with van der Waals surface area (Å²) in [5.41, 5.74) is 8.27. The van der Waals surface area contributed by atoms with Crippen LogP contribution < -0.4 is 26.4 Å². The van der Waals surface area contributed by atoms with Gasteiger partial charge in [-0.3, -0.25) is 0 Å². The van der Waals surface area contributed by atoms with Gasteiger partial charge in [0.2, 0.25) is 5.70 Å². The Morgan fingerprint density at radius 3 is 1.72 bits per heavy atom. The van der Waals surface area contributed by atoms with E-state index >= 15 is 0 Å². The number of benzene rings is 5. The van der Waals surface area contributed by atoms with Gasteiger partial charge in [-0.25, -0.2) is 19.2 Å². The summed E-state index contributed by atoms with van der Waals surface area (Å²) in [6.45, 7) is 15.9. The average Bonchev–Trinajstić information content (AvgIpc) is 3.86. The maximum Gasteiger partial charge on any atom is 0.346 e. The van der Waals surface area contributed by atoms with E-state index in [1.165, 1.54) is 17.4 Å². The Morgan fingerprint density at radius 1 is 0.704 bits per heavy atom. The van der Waals surface area contributed by atoms with E-state index in [1.54, 1.807) is 36.4 Å². The van der Waals surface area contributed by atoms with Gasteiger partial charge in [0.25, 0.3) is 0 Å². The number of hydrogen-bond acceptors (Lipinski definition) is 10. The second-order valence-electron chi connectivity index (χ2n) is 16.5. The lowest BCUT2D eigenvalue weighted by molar-refractivity contribution is -0.132. The zero-order chi connectivity index (χ0) is 50.0. The Bertz CT molecular complexity index is 3420. The van der Waals surface area contributed by atoms with Gasteiger partial charge in [0, 0.05) is 68.5 Å². The van der Waals surface area contributed by atoms with E-state index in [0.717, 1.165) is 75.3 Å². The van der Waals surface area contributed by atoms with E-state index in [4.69, 9.17) is 15.4 Å². The van der Waals surface area contributed by atoms with Gasteiger partial charge >= 0.3 is 17.2 Å². The largest absolute Gasteiger partial charge is 0.477 e. The Hall–Kier alpha value is -8.81. The SMILES string of the molecule is [C-]#[N+]/C(=C\c1ccc(N(c2ccc(/C=C/c3cc4ccc(C(CC)NC)cc4oc3=O)cc2)c2ccc(/C=C/c3cc4ccc(N(CC)CC)cc4oc3=O)cc2)cc1)c1ccc(/C=C(\C#N)C(=O)O)s1. The summed E-state index contributed by atoms with van der Waals surface area (Å²) >= 11 is 1.23. The third kappa shape index (κ3) is 11.2. The number of fused-ring (bicyclic) bond motifs is 2. The van der Waals surface area contributed by atoms with E-state index in [9.17, 15) is 24.8 Å². The Labute approximate surface area is 415 Å². The van der Waals surface area contributed by atoms with Crippen LogP contribution in [-0.2, 0) is 4.79 Å². The minimum absolute atomic E-state index is 0.163. The molecule has 0 aliphatic rings. The van der Waals surface area contributed by atoms with Crippen LogP contribution in [0, 0.1) is 17.9 Å². The minimum Gasteiger partial charge on any atom is -0.477 e. The summed E-state index contributed by atoms with van der Waals surface area (Å²) in [6, 6.07) is 44.6. The van der Waals surface area contributed by atoms with E-state index in [0.29, 0.717) is 37.7 Å². The molecule has 1 atom stereocenters. The van der Waals surface area contributed by atoms with Gasteiger partial charge in [0.15, 0.2) is 0 Å². The number of nitrogens with one attached hydrogen (secondary N) is 1. The highest BCUT2D eigenvalue weighted by atomic mass is 32.1. The van der Waals surface area contributed by atoms with Crippen LogP contribution in [0.25, 0.3) is 68.9 Å². The van der Waals surface area contributed by atoms with Crippen molar-refractivity contribution >= 4 is 104 Å². The van der Waals surface area contributed by atoms with Crippen LogP contribution in [0.15, 0.2) is 157 Å². The lowest BCUT2D eigenvalue weighted by atomic mass is 10.0. The summed E-state index contributed by atoms with van der Waals surface area (Å²) in [5, 5.41) is 23.5. The van der Waals surface area contributed by atoms with Gasteiger partial charge < -0.3 is 29.1 Å². The first-order chi connectivity index (χ1) is 34.5. The number of carboxylic acid groups (broad SMARTS) is 1. The van der Waals surface area contributed by atoms with Crippen LogP contribution in [-0.4, -0.2) is 31.2 Å². The van der Waals surface area contributed by atoms with Gasteiger partial charge in [-0.15, -0.1) is 11.3 Å². The van der Waals surface area contributed by atoms with E-state index in [2.05, 4.69) is 46.8 Å². The van der Waals surface area contributed by atoms with E-state index < -0.39 is 17.2 Å². The molecule has 0 saturated heterocycles. The zero-order valence-electron chi connectivity index (χ0n) is 39.6. The molecule has 12 heteroatoms. The number of rotatable bonds is 17. The molecule has 0 spiro atoms. The van der Waals surface area contributed by atoms with Gasteiger partial charge in [0.05, 0.1) is 17.7 Å². The lowest BCUT2D eigenvalue weighted by Gasteiger charge is -2.26. The molecule has 352 valence electrons. The Kier molecular flexibility index (Phi) is 15.1. The maximum atomic E-state index is 13.1. The number of aliphatic carboxylic acids is 1. The molecular weight excluding hydrogens is 907 g/mol. The molecule has 3 aromatic heterocycles. The molecular formula is C59H49N5O6S. The summed E-state index contributed by atoms with van der Waals surface area (Å²) in [5.74, 6) is -1.31. The molecule has 5 aromatic carbocycles. The molecule has 1 unspecified atom stereocenters. The summed E-state index contributed by atoms with van der Waals surface area (Å²) in [6.07, 6.45) is 11.3. The number of anilines is 4. The fourth-order valence-corrected chi connectivity index (χ4v) is 9.19. The first-order valence-electron chi connectivity index (χ1n) is 23.1. The molecule has 0 bridgehead atoms. The standard InChI is InChI=1S/C59H49N5O6S/c1-6-52(61-4)41-19-20-42-32-44(58(67)69-54(42)35-41)17-9-38-11-22-47(23-12-38)64(49-26-15-40(16-27-49)31-53(62-5)56-30-29-51(71-56)34-46(37-60)57(65)66)48-24-13-39(14-25-48)10-18-45-33-43-21-28-50(63(7-2)8-3)36-55(43)70-59(45)68/h9-36,52,61H,6-8H2,1-4H3,(H,65,66)/b17-9+,18-10+,46-34+,53-31-. The smallest absolute Gasteiger partial charge is 0.346 e. The van der Waals surface area contributed by atoms with Crippen molar-refractivity contribution in [1.82, 2.24) is 5.32 Å². The van der Waals surface area contributed by atoms with E-state index in [1.807, 2.05) is 134 Å². The lowest BCUT2D eigenvalue weighted by Crippen LogP contribution is -2.21. The van der Waals surface area contributed by atoms with Crippen molar-refractivity contribution in [2.45, 2.75) is 33.2 Å². The molecule has 0 fully saturated rings. The van der Waals surface area contributed by atoms with Crippen LogP contribution in [0.5, 0.6) is 0 Å². The molecule has 0 aliphatic carbocycles. The molecule has 71 heavy (non-hydrogen) atoms.